The number of carbonyl (C=O) groups is 1. The Morgan fingerprint density at radius 3 is 2.41 bits per heavy atom. The molecule has 0 aliphatic rings. The lowest BCUT2D eigenvalue weighted by Crippen LogP contribution is -2.39. The van der Waals surface area contributed by atoms with Gasteiger partial charge >= 0.3 is 0 Å². The van der Waals surface area contributed by atoms with Crippen molar-refractivity contribution in [1.82, 2.24) is 9.88 Å². The first-order valence-electron chi connectivity index (χ1n) is 9.86. The average Bonchev–Trinajstić information content (AvgIpc) is 2.70. The Labute approximate surface area is 173 Å². The molecular formula is C23H31N3O3. The molecule has 2 rings (SSSR count). The van der Waals surface area contributed by atoms with Crippen molar-refractivity contribution in [2.24, 2.45) is 0 Å². The van der Waals surface area contributed by atoms with Crippen LogP contribution in [-0.4, -0.2) is 48.1 Å². The summed E-state index contributed by atoms with van der Waals surface area (Å²) in [5.41, 5.74) is 1.56. The number of anilines is 1. The molecule has 0 bridgehead atoms. The highest BCUT2D eigenvalue weighted by Gasteiger charge is 2.14. The number of pyridine rings is 1. The minimum absolute atomic E-state index is 0.219. The van der Waals surface area contributed by atoms with Crippen LogP contribution in [0.3, 0.4) is 0 Å². The van der Waals surface area contributed by atoms with E-state index >= 15 is 0 Å². The van der Waals surface area contributed by atoms with Crippen molar-refractivity contribution in [3.8, 4) is 11.5 Å². The summed E-state index contributed by atoms with van der Waals surface area (Å²) < 4.78 is 11.4. The molecule has 1 aromatic heterocycles. The Balaban J connectivity index is 2.00. The van der Waals surface area contributed by atoms with Crippen LogP contribution in [0, 0.1) is 0 Å². The van der Waals surface area contributed by atoms with Gasteiger partial charge < -0.3 is 14.8 Å². The van der Waals surface area contributed by atoms with E-state index in [9.17, 15) is 4.79 Å². The maximum absolute atomic E-state index is 12.2. The maximum atomic E-state index is 12.2. The molecule has 6 heteroatoms. The van der Waals surface area contributed by atoms with Crippen LogP contribution in [0.2, 0.25) is 0 Å². The Morgan fingerprint density at radius 2 is 1.79 bits per heavy atom. The number of rotatable bonds is 10. The minimum atomic E-state index is -0.219. The van der Waals surface area contributed by atoms with Gasteiger partial charge in [-0.3, -0.25) is 14.7 Å². The number of carbonyl (C=O) groups excluding carboxylic acids is 1. The van der Waals surface area contributed by atoms with E-state index in [1.54, 1.807) is 43.8 Å². The summed E-state index contributed by atoms with van der Waals surface area (Å²) in [6.45, 7) is 10.1. The second kappa shape index (κ2) is 11.2. The standard InChI is InChI=1S/C23H31N3O3/c1-17(2)26(18(3)4)14-15-29-22-16-20(7-8-21(22)28-5)25-23(27)9-6-19-10-12-24-13-11-19/h6-13,16-18H,14-15H2,1-5H3,(H,25,27). The smallest absolute Gasteiger partial charge is 0.248 e. The predicted octanol–water partition coefficient (Wildman–Crippen LogP) is 4.24. The van der Waals surface area contributed by atoms with Crippen molar-refractivity contribution in [2.45, 2.75) is 39.8 Å². The zero-order valence-corrected chi connectivity index (χ0v) is 17.9. The van der Waals surface area contributed by atoms with Gasteiger partial charge in [0, 0.05) is 48.9 Å². The van der Waals surface area contributed by atoms with Crippen LogP contribution in [-0.2, 0) is 4.79 Å². The SMILES string of the molecule is COc1ccc(NC(=O)C=Cc2ccncc2)cc1OCCN(C(C)C)C(C)C. The van der Waals surface area contributed by atoms with Crippen molar-refractivity contribution >= 4 is 17.7 Å². The van der Waals surface area contributed by atoms with Gasteiger partial charge in [-0.1, -0.05) is 0 Å². The van der Waals surface area contributed by atoms with E-state index in [2.05, 4.69) is 42.9 Å². The van der Waals surface area contributed by atoms with Crippen LogP contribution >= 0.6 is 0 Å². The Hall–Kier alpha value is -2.86. The summed E-state index contributed by atoms with van der Waals surface area (Å²) in [4.78, 5) is 18.5. The zero-order chi connectivity index (χ0) is 21.2. The topological polar surface area (TPSA) is 63.7 Å². The quantitative estimate of drug-likeness (QED) is 0.608. The molecule has 156 valence electrons. The number of hydrogen-bond donors (Lipinski definition) is 1. The van der Waals surface area contributed by atoms with Crippen LogP contribution in [0.4, 0.5) is 5.69 Å². The molecule has 0 aliphatic heterocycles. The monoisotopic (exact) mass is 397 g/mol. The van der Waals surface area contributed by atoms with Crippen molar-refractivity contribution in [3.05, 3.63) is 54.4 Å². The number of nitrogens with zero attached hydrogens (tertiary/aromatic N) is 2. The number of benzene rings is 1. The fraction of sp³-hybridized carbons (Fsp3) is 0.391. The van der Waals surface area contributed by atoms with Crippen molar-refractivity contribution in [3.63, 3.8) is 0 Å². The summed E-state index contributed by atoms with van der Waals surface area (Å²) >= 11 is 0. The van der Waals surface area contributed by atoms with Gasteiger partial charge in [-0.15, -0.1) is 0 Å². The predicted molar refractivity (Wildman–Crippen MR) is 117 cm³/mol. The molecule has 0 fully saturated rings. The van der Waals surface area contributed by atoms with Crippen LogP contribution in [0.5, 0.6) is 11.5 Å². The number of methoxy groups -OCH3 is 1. The Morgan fingerprint density at radius 1 is 1.10 bits per heavy atom. The lowest BCUT2D eigenvalue weighted by Gasteiger charge is -2.30. The molecule has 6 nitrogen and oxygen atoms in total. The number of nitrogens with one attached hydrogen (secondary N) is 1. The summed E-state index contributed by atoms with van der Waals surface area (Å²) in [6.07, 6.45) is 6.60. The molecule has 1 heterocycles. The largest absolute Gasteiger partial charge is 0.493 e. The first-order chi connectivity index (χ1) is 13.9. The van der Waals surface area contributed by atoms with Crippen LogP contribution in [0.25, 0.3) is 6.08 Å². The van der Waals surface area contributed by atoms with E-state index in [0.29, 0.717) is 35.9 Å². The van der Waals surface area contributed by atoms with E-state index in [0.717, 1.165) is 12.1 Å². The maximum Gasteiger partial charge on any atom is 0.248 e. The fourth-order valence-corrected chi connectivity index (χ4v) is 3.07. The van der Waals surface area contributed by atoms with E-state index < -0.39 is 0 Å². The van der Waals surface area contributed by atoms with Gasteiger partial charge in [0.15, 0.2) is 11.5 Å². The second-order valence-electron chi connectivity index (χ2n) is 7.24. The third kappa shape index (κ3) is 7.23. The lowest BCUT2D eigenvalue weighted by atomic mass is 10.2. The highest BCUT2D eigenvalue weighted by atomic mass is 16.5. The zero-order valence-electron chi connectivity index (χ0n) is 17.9. The van der Waals surface area contributed by atoms with Crippen LogP contribution in [0.1, 0.15) is 33.3 Å². The highest BCUT2D eigenvalue weighted by molar-refractivity contribution is 6.02. The van der Waals surface area contributed by atoms with Gasteiger partial charge in [-0.2, -0.15) is 0 Å². The molecule has 1 amide bonds. The molecule has 2 aromatic rings. The lowest BCUT2D eigenvalue weighted by molar-refractivity contribution is -0.111. The highest BCUT2D eigenvalue weighted by Crippen LogP contribution is 2.30. The van der Waals surface area contributed by atoms with E-state index in [1.807, 2.05) is 12.1 Å². The molecule has 0 aliphatic carbocycles. The molecule has 0 spiro atoms. The first-order valence-corrected chi connectivity index (χ1v) is 9.86. The van der Waals surface area contributed by atoms with Gasteiger partial charge in [0.25, 0.3) is 0 Å². The third-order valence-corrected chi connectivity index (χ3v) is 4.50. The van der Waals surface area contributed by atoms with E-state index in [-0.39, 0.29) is 5.91 Å². The molecule has 0 unspecified atom stereocenters. The number of hydrogen-bond acceptors (Lipinski definition) is 5. The number of aromatic nitrogens is 1. The average molecular weight is 398 g/mol. The van der Waals surface area contributed by atoms with Gasteiger partial charge in [-0.05, 0) is 63.6 Å². The van der Waals surface area contributed by atoms with Gasteiger partial charge in [0.1, 0.15) is 6.61 Å². The van der Waals surface area contributed by atoms with Crippen LogP contribution in [0.15, 0.2) is 48.8 Å². The summed E-state index contributed by atoms with van der Waals surface area (Å²) in [7, 11) is 1.60. The van der Waals surface area contributed by atoms with Crippen molar-refractivity contribution in [2.75, 3.05) is 25.6 Å². The molecule has 1 N–H and O–H groups in total. The van der Waals surface area contributed by atoms with Crippen molar-refractivity contribution in [1.29, 1.82) is 0 Å². The molecule has 1 aromatic carbocycles. The van der Waals surface area contributed by atoms with E-state index in [1.165, 1.54) is 6.08 Å². The summed E-state index contributed by atoms with van der Waals surface area (Å²) in [6, 6.07) is 9.92. The van der Waals surface area contributed by atoms with Gasteiger partial charge in [-0.25, -0.2) is 0 Å². The fourth-order valence-electron chi connectivity index (χ4n) is 3.07. The van der Waals surface area contributed by atoms with Gasteiger partial charge in [0.05, 0.1) is 7.11 Å². The normalized spacial score (nSPS) is 11.4. The number of amides is 1. The van der Waals surface area contributed by atoms with E-state index in [4.69, 9.17) is 9.47 Å². The minimum Gasteiger partial charge on any atom is -0.493 e. The molecule has 0 radical (unpaired) electrons. The Bertz CT molecular complexity index is 796. The number of ether oxygens (including phenoxy) is 2. The summed E-state index contributed by atoms with van der Waals surface area (Å²) in [5.74, 6) is 1.02. The molecule has 0 saturated heterocycles. The second-order valence-corrected chi connectivity index (χ2v) is 7.24. The first kappa shape index (κ1) is 22.4. The molecule has 0 atom stereocenters. The third-order valence-electron chi connectivity index (χ3n) is 4.50. The molecule has 29 heavy (non-hydrogen) atoms. The Kier molecular flexibility index (Phi) is 8.68. The van der Waals surface area contributed by atoms with Crippen molar-refractivity contribution < 1.29 is 14.3 Å². The molecular weight excluding hydrogens is 366 g/mol. The molecule has 0 saturated carbocycles. The summed E-state index contributed by atoms with van der Waals surface area (Å²) in [5, 5.41) is 2.85. The van der Waals surface area contributed by atoms with Crippen LogP contribution < -0.4 is 14.8 Å². The van der Waals surface area contributed by atoms with Gasteiger partial charge in [0.2, 0.25) is 5.91 Å².